The zero-order valence-electron chi connectivity index (χ0n) is 15.9. The number of benzene rings is 2. The molecule has 4 heteroatoms. The number of carbonyl (C=O) groups excluding carboxylic acids is 1. The van der Waals surface area contributed by atoms with E-state index in [0.717, 1.165) is 56.7 Å². The predicted molar refractivity (Wildman–Crippen MR) is 105 cm³/mol. The molecule has 0 aliphatic carbocycles. The van der Waals surface area contributed by atoms with Crippen molar-refractivity contribution in [2.75, 3.05) is 20.2 Å². The van der Waals surface area contributed by atoms with Gasteiger partial charge in [-0.15, -0.1) is 0 Å². The molecule has 4 nitrogen and oxygen atoms in total. The molecule has 0 N–H and O–H groups in total. The number of rotatable bonds is 4. The number of nitrogens with zero attached hydrogens (tertiary/aromatic N) is 1. The standard InChI is InChI=1S/C23H27NO3/c1-26-20-9-6-18(7-10-20)8-11-22(25)24-16-14-23(15-17-24)13-12-19-4-2-3-5-21(19)27-23/h2-7,9-10H,8,11-17H2,1H3. The first-order valence-corrected chi connectivity index (χ1v) is 9.85. The van der Waals surface area contributed by atoms with Crippen LogP contribution in [-0.2, 0) is 17.6 Å². The lowest BCUT2D eigenvalue weighted by Gasteiger charge is -2.44. The summed E-state index contributed by atoms with van der Waals surface area (Å²) in [5.74, 6) is 2.13. The lowest BCUT2D eigenvalue weighted by Crippen LogP contribution is -2.51. The van der Waals surface area contributed by atoms with E-state index in [-0.39, 0.29) is 11.5 Å². The minimum absolute atomic E-state index is 0.0822. The van der Waals surface area contributed by atoms with Crippen LogP contribution in [0, 0.1) is 0 Å². The quantitative estimate of drug-likeness (QED) is 0.822. The second kappa shape index (κ2) is 7.63. The fourth-order valence-corrected chi connectivity index (χ4v) is 4.17. The molecule has 0 radical (unpaired) electrons. The summed E-state index contributed by atoms with van der Waals surface area (Å²) in [5.41, 5.74) is 2.40. The molecule has 1 fully saturated rings. The maximum absolute atomic E-state index is 12.6. The summed E-state index contributed by atoms with van der Waals surface area (Å²) >= 11 is 0. The van der Waals surface area contributed by atoms with E-state index in [1.165, 1.54) is 11.1 Å². The Balaban J connectivity index is 1.29. The van der Waals surface area contributed by atoms with E-state index in [9.17, 15) is 4.79 Å². The molecule has 0 aromatic heterocycles. The molecule has 0 unspecified atom stereocenters. The maximum Gasteiger partial charge on any atom is 0.222 e. The Labute approximate surface area is 161 Å². The maximum atomic E-state index is 12.6. The molecule has 1 amide bonds. The van der Waals surface area contributed by atoms with E-state index < -0.39 is 0 Å². The molecule has 2 heterocycles. The van der Waals surface area contributed by atoms with Crippen molar-refractivity contribution in [2.45, 2.75) is 44.1 Å². The van der Waals surface area contributed by atoms with Crippen molar-refractivity contribution in [1.29, 1.82) is 0 Å². The number of carbonyl (C=O) groups is 1. The molecule has 2 aromatic rings. The van der Waals surface area contributed by atoms with Crippen LogP contribution < -0.4 is 9.47 Å². The van der Waals surface area contributed by atoms with Crippen molar-refractivity contribution >= 4 is 5.91 Å². The third kappa shape index (κ3) is 3.95. The number of hydrogen-bond acceptors (Lipinski definition) is 3. The molecule has 1 saturated heterocycles. The Morgan fingerprint density at radius 2 is 1.81 bits per heavy atom. The highest BCUT2D eigenvalue weighted by atomic mass is 16.5. The number of likely N-dealkylation sites (tertiary alicyclic amines) is 1. The summed E-state index contributed by atoms with van der Waals surface area (Å²) in [4.78, 5) is 14.6. The van der Waals surface area contributed by atoms with Crippen molar-refractivity contribution in [1.82, 2.24) is 4.90 Å². The Morgan fingerprint density at radius 3 is 2.56 bits per heavy atom. The summed E-state index contributed by atoms with van der Waals surface area (Å²) < 4.78 is 11.6. The van der Waals surface area contributed by atoms with Crippen molar-refractivity contribution in [3.05, 3.63) is 59.7 Å². The zero-order valence-corrected chi connectivity index (χ0v) is 15.9. The molecule has 0 saturated carbocycles. The number of aryl methyl sites for hydroxylation is 2. The molecule has 0 atom stereocenters. The van der Waals surface area contributed by atoms with Gasteiger partial charge < -0.3 is 14.4 Å². The fourth-order valence-electron chi connectivity index (χ4n) is 4.17. The van der Waals surface area contributed by atoms with Gasteiger partial charge in [0.05, 0.1) is 7.11 Å². The van der Waals surface area contributed by atoms with Gasteiger partial charge >= 0.3 is 0 Å². The molecule has 0 bridgehead atoms. The summed E-state index contributed by atoms with van der Waals surface area (Å²) in [7, 11) is 1.66. The van der Waals surface area contributed by atoms with Gasteiger partial charge in [0.2, 0.25) is 5.91 Å². The Bertz CT molecular complexity index is 792. The number of para-hydroxylation sites is 1. The highest BCUT2D eigenvalue weighted by Gasteiger charge is 2.40. The van der Waals surface area contributed by atoms with Gasteiger partial charge in [-0.3, -0.25) is 4.79 Å². The smallest absolute Gasteiger partial charge is 0.222 e. The first kappa shape index (κ1) is 17.9. The molecule has 2 aliphatic heterocycles. The molecule has 1 spiro atoms. The van der Waals surface area contributed by atoms with Crippen LogP contribution in [0.4, 0.5) is 0 Å². The molecule has 4 rings (SSSR count). The predicted octanol–water partition coefficient (Wildman–Crippen LogP) is 4.01. The first-order valence-electron chi connectivity index (χ1n) is 9.85. The van der Waals surface area contributed by atoms with Crippen molar-refractivity contribution in [3.63, 3.8) is 0 Å². The van der Waals surface area contributed by atoms with Crippen molar-refractivity contribution in [2.24, 2.45) is 0 Å². The van der Waals surface area contributed by atoms with Gasteiger partial charge in [-0.2, -0.15) is 0 Å². The normalized spacial score (nSPS) is 17.9. The SMILES string of the molecule is COc1ccc(CCC(=O)N2CCC3(CCc4ccccc4O3)CC2)cc1. The van der Waals surface area contributed by atoms with Crippen LogP contribution in [-0.4, -0.2) is 36.6 Å². The molecule has 27 heavy (non-hydrogen) atoms. The molecule has 142 valence electrons. The van der Waals surface area contributed by atoms with E-state index in [1.807, 2.05) is 35.2 Å². The van der Waals surface area contributed by atoms with Crippen LogP contribution in [0.5, 0.6) is 11.5 Å². The second-order valence-corrected chi connectivity index (χ2v) is 7.62. The van der Waals surface area contributed by atoms with Crippen LogP contribution in [0.15, 0.2) is 48.5 Å². The largest absolute Gasteiger partial charge is 0.497 e. The zero-order chi connectivity index (χ0) is 18.7. The van der Waals surface area contributed by atoms with E-state index in [4.69, 9.17) is 9.47 Å². The van der Waals surface area contributed by atoms with E-state index in [0.29, 0.717) is 6.42 Å². The molecular formula is C23H27NO3. The van der Waals surface area contributed by atoms with Gasteiger partial charge in [0.15, 0.2) is 0 Å². The van der Waals surface area contributed by atoms with Gasteiger partial charge in [0, 0.05) is 32.4 Å². The number of hydrogen-bond donors (Lipinski definition) is 0. The van der Waals surface area contributed by atoms with Crippen LogP contribution in [0.3, 0.4) is 0 Å². The first-order chi connectivity index (χ1) is 13.2. The van der Waals surface area contributed by atoms with E-state index >= 15 is 0 Å². The van der Waals surface area contributed by atoms with Gasteiger partial charge in [0.25, 0.3) is 0 Å². The van der Waals surface area contributed by atoms with Crippen LogP contribution >= 0.6 is 0 Å². The second-order valence-electron chi connectivity index (χ2n) is 7.62. The molecule has 2 aromatic carbocycles. The fraction of sp³-hybridized carbons (Fsp3) is 0.435. The Morgan fingerprint density at radius 1 is 1.07 bits per heavy atom. The van der Waals surface area contributed by atoms with Crippen molar-refractivity contribution < 1.29 is 14.3 Å². The molecule has 2 aliphatic rings. The van der Waals surface area contributed by atoms with Crippen molar-refractivity contribution in [3.8, 4) is 11.5 Å². The van der Waals surface area contributed by atoms with E-state index in [2.05, 4.69) is 18.2 Å². The minimum atomic E-state index is -0.0822. The number of methoxy groups -OCH3 is 1. The van der Waals surface area contributed by atoms with E-state index in [1.54, 1.807) is 7.11 Å². The number of piperidine rings is 1. The van der Waals surface area contributed by atoms with Gasteiger partial charge in [-0.1, -0.05) is 30.3 Å². The number of amides is 1. The third-order valence-electron chi connectivity index (χ3n) is 5.96. The molecular weight excluding hydrogens is 338 g/mol. The van der Waals surface area contributed by atoms with Crippen LogP contribution in [0.25, 0.3) is 0 Å². The minimum Gasteiger partial charge on any atom is -0.497 e. The summed E-state index contributed by atoms with van der Waals surface area (Å²) in [6.07, 6.45) is 5.31. The Kier molecular flexibility index (Phi) is 5.06. The van der Waals surface area contributed by atoms with Gasteiger partial charge in [0.1, 0.15) is 17.1 Å². The highest BCUT2D eigenvalue weighted by molar-refractivity contribution is 5.76. The van der Waals surface area contributed by atoms with Gasteiger partial charge in [-0.05, 0) is 48.6 Å². The monoisotopic (exact) mass is 365 g/mol. The number of fused-ring (bicyclic) bond motifs is 1. The van der Waals surface area contributed by atoms with Gasteiger partial charge in [-0.25, -0.2) is 0 Å². The topological polar surface area (TPSA) is 38.8 Å². The highest BCUT2D eigenvalue weighted by Crippen LogP contribution is 2.39. The third-order valence-corrected chi connectivity index (χ3v) is 5.96. The number of ether oxygens (including phenoxy) is 2. The summed E-state index contributed by atoms with van der Waals surface area (Å²) in [5, 5.41) is 0. The van der Waals surface area contributed by atoms with Crippen LogP contribution in [0.2, 0.25) is 0 Å². The summed E-state index contributed by atoms with van der Waals surface area (Å²) in [6.45, 7) is 1.59. The average molecular weight is 365 g/mol. The lowest BCUT2D eigenvalue weighted by atomic mass is 9.83. The summed E-state index contributed by atoms with van der Waals surface area (Å²) in [6, 6.07) is 16.3. The Hall–Kier alpha value is -2.49. The lowest BCUT2D eigenvalue weighted by molar-refractivity contribution is -0.135. The van der Waals surface area contributed by atoms with Crippen LogP contribution in [0.1, 0.15) is 36.8 Å². The average Bonchev–Trinajstić information content (AvgIpc) is 2.73.